The zero-order chi connectivity index (χ0) is 57.4. The largest absolute Gasteiger partial charge is 0.508 e. The van der Waals surface area contributed by atoms with Crippen LogP contribution in [0.25, 0.3) is 153 Å². The summed E-state index contributed by atoms with van der Waals surface area (Å²) >= 11 is 3.59. The Bertz CT molecular complexity index is 5920. The zero-order valence-corrected chi connectivity index (χ0v) is 47.8. The first-order valence-corrected chi connectivity index (χ1v) is 29.7. The van der Waals surface area contributed by atoms with Crippen molar-refractivity contribution in [2.75, 3.05) is 0 Å². The summed E-state index contributed by atoms with van der Waals surface area (Å²) in [7, 11) is 0. The molecule has 0 saturated heterocycles. The summed E-state index contributed by atoms with van der Waals surface area (Å²) in [6.45, 7) is 0. The van der Waals surface area contributed by atoms with Gasteiger partial charge in [-0.1, -0.05) is 158 Å². The average Bonchev–Trinajstić information content (AvgIpc) is 1.77. The van der Waals surface area contributed by atoms with E-state index in [0.717, 1.165) is 137 Å². The van der Waals surface area contributed by atoms with Gasteiger partial charge in [-0.3, -0.25) is 17.6 Å². The molecule has 8 heterocycles. The molecule has 12 aromatic carbocycles. The van der Waals surface area contributed by atoms with Crippen LogP contribution >= 0.6 is 15.9 Å². The third-order valence-electron chi connectivity index (χ3n) is 17.1. The standard InChI is InChI=1S/C38H22N4O.C19H11BrN2.C19H12N2O.2CH4/c1-5-13-33-27(9-1)25-19-17-23(21-29(25)37-39-31-11-3-7-15-35(31)41(33)37)43-24-18-20-26-28-10-2-6-14-34(28)42-36-16-8-4-12-32(36)40-38(42)30(26)22-24;20-12-9-10-13-14-5-1-3-7-17(14)22-18-8-4-2-6-16(18)21-19(22)15(13)11-12;22-12-9-10-13-14-5-1-3-7-17(14)21-18-8-4-2-6-16(18)20-19(21)15(13)11-12;;/h1-22H;1-11H;1-11,22H;2*1H4. The topological polar surface area (TPSA) is 98.7 Å². The normalized spacial score (nSPS) is 11.7. The summed E-state index contributed by atoms with van der Waals surface area (Å²) in [4.78, 5) is 19.8. The molecule has 0 atom stereocenters. The molecule has 0 aliphatic heterocycles. The van der Waals surface area contributed by atoms with Gasteiger partial charge in [0, 0.05) is 47.6 Å². The van der Waals surface area contributed by atoms with Crippen LogP contribution in [-0.4, -0.2) is 42.6 Å². The zero-order valence-electron chi connectivity index (χ0n) is 46.2. The van der Waals surface area contributed by atoms with Gasteiger partial charge < -0.3 is 9.84 Å². The van der Waals surface area contributed by atoms with Gasteiger partial charge in [-0.05, 0) is 161 Å². The van der Waals surface area contributed by atoms with Gasteiger partial charge >= 0.3 is 0 Å². The summed E-state index contributed by atoms with van der Waals surface area (Å²) in [5.74, 6) is 1.79. The van der Waals surface area contributed by atoms with Crippen LogP contribution in [-0.2, 0) is 0 Å². The number of hydrogen-bond acceptors (Lipinski definition) is 6. The molecule has 0 bridgehead atoms. The predicted molar refractivity (Wildman–Crippen MR) is 374 cm³/mol. The molecule has 0 amide bonds. The summed E-state index contributed by atoms with van der Waals surface area (Å²) in [5, 5.41) is 23.6. The number of nitrogens with zero attached hydrogens (tertiary/aromatic N) is 8. The molecule has 0 aliphatic carbocycles. The van der Waals surface area contributed by atoms with Crippen molar-refractivity contribution in [2.24, 2.45) is 0 Å². The van der Waals surface area contributed by atoms with Crippen LogP contribution < -0.4 is 4.74 Å². The lowest BCUT2D eigenvalue weighted by molar-refractivity contribution is 0.476. The molecule has 89 heavy (non-hydrogen) atoms. The number of aromatic hydroxyl groups is 1. The molecule has 1 N–H and O–H groups in total. The number of hydrogen-bond donors (Lipinski definition) is 1. The Labute approximate surface area is 517 Å². The molecule has 8 aromatic heterocycles. The number of imidazole rings is 4. The number of pyridine rings is 4. The van der Waals surface area contributed by atoms with Crippen molar-refractivity contribution < 1.29 is 9.84 Å². The van der Waals surface area contributed by atoms with Gasteiger partial charge in [-0.25, -0.2) is 19.9 Å². The lowest BCUT2D eigenvalue weighted by Crippen LogP contribution is -1.93. The van der Waals surface area contributed by atoms with E-state index in [0.29, 0.717) is 0 Å². The van der Waals surface area contributed by atoms with Gasteiger partial charge in [0.25, 0.3) is 0 Å². The highest BCUT2D eigenvalue weighted by molar-refractivity contribution is 9.10. The molecule has 20 rings (SSSR count). The van der Waals surface area contributed by atoms with Crippen molar-refractivity contribution in [1.82, 2.24) is 37.5 Å². The highest BCUT2D eigenvalue weighted by Crippen LogP contribution is 2.40. The number of benzene rings is 12. The molecule has 0 unspecified atom stereocenters. The number of rotatable bonds is 2. The summed E-state index contributed by atoms with van der Waals surface area (Å²) < 4.78 is 16.6. The molecule has 0 spiro atoms. The number of aromatic nitrogens is 8. The maximum absolute atomic E-state index is 9.90. The lowest BCUT2D eigenvalue weighted by atomic mass is 10.0. The van der Waals surface area contributed by atoms with Crippen LogP contribution in [0.15, 0.2) is 271 Å². The van der Waals surface area contributed by atoms with E-state index in [9.17, 15) is 5.11 Å². The van der Waals surface area contributed by atoms with Crippen molar-refractivity contribution in [1.29, 1.82) is 0 Å². The molecule has 0 fully saturated rings. The fraction of sp³-hybridized carbons (Fsp3) is 0.0256. The van der Waals surface area contributed by atoms with E-state index in [1.807, 2.05) is 54.6 Å². The van der Waals surface area contributed by atoms with Crippen LogP contribution in [0.3, 0.4) is 0 Å². The second-order valence-corrected chi connectivity index (χ2v) is 23.0. The van der Waals surface area contributed by atoms with E-state index in [1.54, 1.807) is 12.1 Å². The number of halogens is 1. The second-order valence-electron chi connectivity index (χ2n) is 22.0. The van der Waals surface area contributed by atoms with Crippen LogP contribution in [0.5, 0.6) is 17.2 Å². The quantitative estimate of drug-likeness (QED) is 0.173. The Balaban J connectivity index is 0.000000117. The third-order valence-corrected chi connectivity index (χ3v) is 17.6. The monoisotopic (exact) mass is 1210 g/mol. The first kappa shape index (κ1) is 53.1. The van der Waals surface area contributed by atoms with Crippen molar-refractivity contribution in [2.45, 2.75) is 14.9 Å². The molecule has 424 valence electrons. The smallest absolute Gasteiger partial charge is 0.146 e. The minimum Gasteiger partial charge on any atom is -0.508 e. The molecule has 0 radical (unpaired) electrons. The van der Waals surface area contributed by atoms with Crippen LogP contribution in [0.2, 0.25) is 0 Å². The Kier molecular flexibility index (Phi) is 12.3. The fourth-order valence-electron chi connectivity index (χ4n) is 13.4. The lowest BCUT2D eigenvalue weighted by Gasteiger charge is -2.13. The van der Waals surface area contributed by atoms with E-state index in [1.165, 1.54) is 32.4 Å². The molecule has 11 heteroatoms. The Morgan fingerprint density at radius 2 is 0.528 bits per heavy atom. The van der Waals surface area contributed by atoms with E-state index in [-0.39, 0.29) is 20.6 Å². The van der Waals surface area contributed by atoms with Crippen LogP contribution in [0.4, 0.5) is 0 Å². The molecular formula is C78H53BrN8O2. The van der Waals surface area contributed by atoms with E-state index in [4.69, 9.17) is 24.7 Å². The van der Waals surface area contributed by atoms with Gasteiger partial charge in [-0.15, -0.1) is 0 Å². The van der Waals surface area contributed by atoms with Gasteiger partial charge in [0.1, 0.15) is 39.8 Å². The van der Waals surface area contributed by atoms with Crippen molar-refractivity contribution in [3.8, 4) is 17.2 Å². The summed E-state index contributed by atoms with van der Waals surface area (Å²) in [6, 6.07) is 91.5. The summed E-state index contributed by atoms with van der Waals surface area (Å²) in [6.07, 6.45) is 0. The minimum absolute atomic E-state index is 0. The van der Waals surface area contributed by atoms with Crippen molar-refractivity contribution in [3.63, 3.8) is 0 Å². The Hall–Kier alpha value is -11.4. The van der Waals surface area contributed by atoms with E-state index in [2.05, 4.69) is 234 Å². The van der Waals surface area contributed by atoms with Gasteiger partial charge in [0.05, 0.1) is 66.2 Å². The van der Waals surface area contributed by atoms with Crippen LogP contribution in [0, 0.1) is 0 Å². The molecule has 0 saturated carbocycles. The highest BCUT2D eigenvalue weighted by atomic mass is 79.9. The Morgan fingerprint density at radius 3 is 0.876 bits per heavy atom. The van der Waals surface area contributed by atoms with Gasteiger partial charge in [0.15, 0.2) is 0 Å². The highest BCUT2D eigenvalue weighted by Gasteiger charge is 2.19. The summed E-state index contributed by atoms with van der Waals surface area (Å²) in [5.41, 5.74) is 16.7. The average molecular weight is 1210 g/mol. The van der Waals surface area contributed by atoms with E-state index < -0.39 is 0 Å². The molecular weight excluding hydrogens is 1160 g/mol. The molecule has 10 nitrogen and oxygen atoms in total. The van der Waals surface area contributed by atoms with Crippen molar-refractivity contribution in [3.05, 3.63) is 271 Å². The Morgan fingerprint density at radius 1 is 0.258 bits per heavy atom. The fourth-order valence-corrected chi connectivity index (χ4v) is 13.8. The van der Waals surface area contributed by atoms with Gasteiger partial charge in [0.2, 0.25) is 0 Å². The minimum atomic E-state index is 0. The number of para-hydroxylation sites is 12. The van der Waals surface area contributed by atoms with Crippen LogP contribution in [0.1, 0.15) is 14.9 Å². The first-order valence-electron chi connectivity index (χ1n) is 28.9. The second kappa shape index (κ2) is 20.7. The number of ether oxygens (including phenoxy) is 1. The predicted octanol–water partition coefficient (Wildman–Crippen LogP) is 21.0. The number of phenols is 1. The van der Waals surface area contributed by atoms with Crippen molar-refractivity contribution >= 4 is 169 Å². The SMILES string of the molecule is Brc1ccc2c3ccccc3n3c4ccccc4nc3c2c1.C.C.Oc1ccc2c3ccccc3n3c4ccccc4nc3c2c1.c1ccc2c(c1)nc1c3cc(Oc4ccc5c6ccccc6n6c7ccccc7nc6c5c4)ccc3c3ccccc3n21. The maximum Gasteiger partial charge on any atom is 0.146 e. The molecule has 20 aromatic rings. The van der Waals surface area contributed by atoms with E-state index >= 15 is 0 Å². The van der Waals surface area contributed by atoms with Gasteiger partial charge in [-0.2, -0.15) is 0 Å². The molecule has 0 aliphatic rings. The third kappa shape index (κ3) is 8.16. The number of phenolic OH excluding ortho intramolecular Hbond substituents is 1. The first-order chi connectivity index (χ1) is 43.0. The maximum atomic E-state index is 9.90. The number of fused-ring (bicyclic) bond motifs is 32.